The van der Waals surface area contributed by atoms with Gasteiger partial charge in [0.05, 0.1) is 0 Å². The van der Waals surface area contributed by atoms with Crippen molar-refractivity contribution in [3.8, 4) is 5.75 Å². The molecule has 0 aliphatic heterocycles. The van der Waals surface area contributed by atoms with Gasteiger partial charge in [0.25, 0.3) is 5.92 Å². The molecular formula is C19H18F2O. The highest BCUT2D eigenvalue weighted by molar-refractivity contribution is 5.67. The van der Waals surface area contributed by atoms with E-state index in [1.807, 2.05) is 54.6 Å². The molecule has 0 aromatic heterocycles. The Kier molecular flexibility index (Phi) is 4.23. The van der Waals surface area contributed by atoms with Crippen LogP contribution < -0.4 is 4.74 Å². The summed E-state index contributed by atoms with van der Waals surface area (Å²) in [6.45, 7) is 0.523. The van der Waals surface area contributed by atoms with Gasteiger partial charge in [0.1, 0.15) is 12.4 Å². The molecule has 114 valence electrons. The normalized spacial score (nSPS) is 16.9. The third-order valence-electron chi connectivity index (χ3n) is 3.88. The monoisotopic (exact) mass is 300 g/mol. The quantitative estimate of drug-likeness (QED) is 0.727. The fourth-order valence-electron chi connectivity index (χ4n) is 2.56. The zero-order valence-corrected chi connectivity index (χ0v) is 12.3. The van der Waals surface area contributed by atoms with Gasteiger partial charge < -0.3 is 4.74 Å². The van der Waals surface area contributed by atoms with Crippen LogP contribution in [0.5, 0.6) is 5.75 Å². The maximum atomic E-state index is 13.2. The third kappa shape index (κ3) is 3.73. The summed E-state index contributed by atoms with van der Waals surface area (Å²) in [5, 5.41) is 0. The van der Waals surface area contributed by atoms with Gasteiger partial charge in [-0.05, 0) is 35.3 Å². The van der Waals surface area contributed by atoms with Gasteiger partial charge in [0.15, 0.2) is 0 Å². The number of benzene rings is 2. The Labute approximate surface area is 129 Å². The fraction of sp³-hybridized carbons (Fsp3) is 0.263. The first kappa shape index (κ1) is 14.8. The second-order valence-electron chi connectivity index (χ2n) is 5.59. The van der Waals surface area contributed by atoms with E-state index in [4.69, 9.17) is 4.74 Å². The first-order chi connectivity index (χ1) is 10.6. The first-order valence-corrected chi connectivity index (χ1v) is 7.46. The summed E-state index contributed by atoms with van der Waals surface area (Å²) in [5.41, 5.74) is 3.12. The van der Waals surface area contributed by atoms with E-state index in [0.29, 0.717) is 13.0 Å². The lowest BCUT2D eigenvalue weighted by atomic mass is 9.91. The van der Waals surface area contributed by atoms with E-state index in [1.54, 1.807) is 6.08 Å². The van der Waals surface area contributed by atoms with Crippen LogP contribution in [0.25, 0.3) is 5.57 Å². The van der Waals surface area contributed by atoms with E-state index < -0.39 is 5.92 Å². The first-order valence-electron chi connectivity index (χ1n) is 7.46. The highest BCUT2D eigenvalue weighted by Crippen LogP contribution is 2.36. The number of rotatable bonds is 4. The predicted molar refractivity (Wildman–Crippen MR) is 84.0 cm³/mol. The molecule has 0 fully saturated rings. The highest BCUT2D eigenvalue weighted by atomic mass is 19.3. The molecule has 0 unspecified atom stereocenters. The van der Waals surface area contributed by atoms with E-state index >= 15 is 0 Å². The maximum absolute atomic E-state index is 13.2. The van der Waals surface area contributed by atoms with Gasteiger partial charge in [0.2, 0.25) is 0 Å². The van der Waals surface area contributed by atoms with Crippen molar-refractivity contribution in [2.45, 2.75) is 31.8 Å². The molecule has 1 nitrogen and oxygen atoms in total. The van der Waals surface area contributed by atoms with Crippen LogP contribution in [-0.2, 0) is 6.61 Å². The summed E-state index contributed by atoms with van der Waals surface area (Å²) in [4.78, 5) is 0. The van der Waals surface area contributed by atoms with Crippen molar-refractivity contribution < 1.29 is 13.5 Å². The molecular weight excluding hydrogens is 282 g/mol. The number of halogens is 2. The average molecular weight is 300 g/mol. The molecule has 0 atom stereocenters. The minimum atomic E-state index is -2.54. The van der Waals surface area contributed by atoms with E-state index in [9.17, 15) is 8.78 Å². The smallest absolute Gasteiger partial charge is 0.251 e. The molecule has 22 heavy (non-hydrogen) atoms. The van der Waals surface area contributed by atoms with Crippen molar-refractivity contribution in [2.24, 2.45) is 0 Å². The van der Waals surface area contributed by atoms with Crippen LogP contribution in [-0.4, -0.2) is 5.92 Å². The summed E-state index contributed by atoms with van der Waals surface area (Å²) in [5.74, 6) is -1.75. The molecule has 0 N–H and O–H groups in total. The predicted octanol–water partition coefficient (Wildman–Crippen LogP) is 5.47. The molecule has 0 saturated carbocycles. The Balaban J connectivity index is 1.62. The minimum Gasteiger partial charge on any atom is -0.489 e. The number of allylic oxidation sites excluding steroid dienone is 2. The molecule has 0 bridgehead atoms. The second-order valence-corrected chi connectivity index (χ2v) is 5.59. The molecule has 3 heteroatoms. The fourth-order valence-corrected chi connectivity index (χ4v) is 2.56. The lowest BCUT2D eigenvalue weighted by Gasteiger charge is -2.21. The van der Waals surface area contributed by atoms with Gasteiger partial charge in [-0.15, -0.1) is 0 Å². The molecule has 2 aromatic rings. The number of hydrogen-bond acceptors (Lipinski definition) is 1. The highest BCUT2D eigenvalue weighted by Gasteiger charge is 2.30. The van der Waals surface area contributed by atoms with Crippen LogP contribution in [0.2, 0.25) is 0 Å². The second kappa shape index (κ2) is 6.30. The van der Waals surface area contributed by atoms with Gasteiger partial charge >= 0.3 is 0 Å². The SMILES string of the molecule is FC1(F)CC=C(c2ccc(OCc3ccccc3)cc2)CC1. The lowest BCUT2D eigenvalue weighted by Crippen LogP contribution is -2.18. The Bertz CT molecular complexity index is 645. The molecule has 0 spiro atoms. The Morgan fingerprint density at radius 2 is 1.68 bits per heavy atom. The summed E-state index contributed by atoms with van der Waals surface area (Å²) in [6, 6.07) is 17.6. The van der Waals surface area contributed by atoms with Crippen molar-refractivity contribution in [1.29, 1.82) is 0 Å². The summed E-state index contributed by atoms with van der Waals surface area (Å²) in [7, 11) is 0. The molecule has 0 radical (unpaired) electrons. The molecule has 1 aliphatic rings. The largest absolute Gasteiger partial charge is 0.489 e. The van der Waals surface area contributed by atoms with Gasteiger partial charge in [-0.3, -0.25) is 0 Å². The summed E-state index contributed by atoms with van der Waals surface area (Å²) >= 11 is 0. The summed E-state index contributed by atoms with van der Waals surface area (Å²) in [6.07, 6.45) is 1.86. The zero-order chi connectivity index (χ0) is 15.4. The van der Waals surface area contributed by atoms with Gasteiger partial charge in [-0.1, -0.05) is 48.5 Å². The Morgan fingerprint density at radius 1 is 0.955 bits per heavy atom. The van der Waals surface area contributed by atoms with E-state index in [2.05, 4.69) is 0 Å². The number of hydrogen-bond donors (Lipinski definition) is 0. The molecule has 0 saturated heterocycles. The van der Waals surface area contributed by atoms with Crippen LogP contribution in [0, 0.1) is 0 Å². The van der Waals surface area contributed by atoms with Crippen LogP contribution in [0.1, 0.15) is 30.4 Å². The number of ether oxygens (including phenoxy) is 1. The lowest BCUT2D eigenvalue weighted by molar-refractivity contribution is -0.00602. The van der Waals surface area contributed by atoms with E-state index in [-0.39, 0.29) is 12.8 Å². The van der Waals surface area contributed by atoms with Crippen molar-refractivity contribution in [3.05, 3.63) is 71.8 Å². The minimum absolute atomic E-state index is 0.0644. The van der Waals surface area contributed by atoms with Gasteiger partial charge in [-0.2, -0.15) is 0 Å². The van der Waals surface area contributed by atoms with Gasteiger partial charge in [-0.25, -0.2) is 8.78 Å². The molecule has 0 heterocycles. The van der Waals surface area contributed by atoms with Crippen molar-refractivity contribution in [3.63, 3.8) is 0 Å². The van der Waals surface area contributed by atoms with Crippen molar-refractivity contribution in [1.82, 2.24) is 0 Å². The van der Waals surface area contributed by atoms with Crippen molar-refractivity contribution in [2.75, 3.05) is 0 Å². The maximum Gasteiger partial charge on any atom is 0.251 e. The van der Waals surface area contributed by atoms with E-state index in [0.717, 1.165) is 22.4 Å². The number of alkyl halides is 2. The zero-order valence-electron chi connectivity index (χ0n) is 12.3. The van der Waals surface area contributed by atoms with Crippen LogP contribution in [0.15, 0.2) is 60.7 Å². The standard InChI is InChI=1S/C19H18F2O/c20-19(21)12-10-17(11-13-19)16-6-8-18(9-7-16)22-14-15-4-2-1-3-5-15/h1-10H,11-14H2. The van der Waals surface area contributed by atoms with Crippen molar-refractivity contribution >= 4 is 5.57 Å². The molecule has 2 aromatic carbocycles. The third-order valence-corrected chi connectivity index (χ3v) is 3.88. The summed E-state index contributed by atoms with van der Waals surface area (Å²) < 4.78 is 32.0. The van der Waals surface area contributed by atoms with Gasteiger partial charge in [0, 0.05) is 12.8 Å². The average Bonchev–Trinajstić information content (AvgIpc) is 2.55. The molecule has 1 aliphatic carbocycles. The molecule has 3 rings (SSSR count). The molecule has 0 amide bonds. The van der Waals surface area contributed by atoms with Crippen LogP contribution >= 0.6 is 0 Å². The topological polar surface area (TPSA) is 9.23 Å². The van der Waals surface area contributed by atoms with Crippen LogP contribution in [0.4, 0.5) is 8.78 Å². The Morgan fingerprint density at radius 3 is 2.32 bits per heavy atom. The van der Waals surface area contributed by atoms with E-state index in [1.165, 1.54) is 0 Å². The Hall–Kier alpha value is -2.16. The van der Waals surface area contributed by atoms with Crippen LogP contribution in [0.3, 0.4) is 0 Å².